The van der Waals surface area contributed by atoms with Gasteiger partial charge in [0.2, 0.25) is 0 Å². The number of rotatable bonds is 4. The van der Waals surface area contributed by atoms with Crippen molar-refractivity contribution in [3.8, 4) is 5.75 Å². The lowest BCUT2D eigenvalue weighted by Crippen LogP contribution is -2.35. The first-order valence-electron chi connectivity index (χ1n) is 7.63. The Morgan fingerprint density at radius 2 is 2.14 bits per heavy atom. The average Bonchev–Trinajstić information content (AvgIpc) is 2.40. The molecule has 0 radical (unpaired) electrons. The summed E-state index contributed by atoms with van der Waals surface area (Å²) in [6.07, 6.45) is 2.32. The molecule has 0 saturated carbocycles. The van der Waals surface area contributed by atoms with Crippen molar-refractivity contribution < 1.29 is 9.47 Å². The van der Waals surface area contributed by atoms with E-state index in [-0.39, 0.29) is 11.6 Å². The Hall–Kier alpha value is -0.580. The third-order valence-corrected chi connectivity index (χ3v) is 3.99. The van der Waals surface area contributed by atoms with E-state index in [9.17, 15) is 0 Å². The highest BCUT2D eigenvalue weighted by atomic mass is 79.9. The Kier molecular flexibility index (Phi) is 5.69. The summed E-state index contributed by atoms with van der Waals surface area (Å²) in [5.41, 5.74) is 2.45. The maximum atomic E-state index is 6.25. The first-order chi connectivity index (χ1) is 9.85. The van der Waals surface area contributed by atoms with Crippen LogP contribution in [-0.2, 0) is 11.3 Å². The van der Waals surface area contributed by atoms with E-state index in [2.05, 4.69) is 61.1 Å². The van der Waals surface area contributed by atoms with Crippen molar-refractivity contribution in [2.24, 2.45) is 0 Å². The number of hydrogen-bond donors (Lipinski definition) is 1. The summed E-state index contributed by atoms with van der Waals surface area (Å²) in [6, 6.07) is 4.25. The lowest BCUT2D eigenvalue weighted by atomic mass is 10.1. The molecule has 3 nitrogen and oxygen atoms in total. The van der Waals surface area contributed by atoms with Crippen molar-refractivity contribution >= 4 is 15.9 Å². The normalized spacial score (nSPS) is 19.6. The Bertz CT molecular complexity index is 476. The third-order valence-electron chi connectivity index (χ3n) is 3.53. The smallest absolute Gasteiger partial charge is 0.127 e. The number of hydrogen-bond acceptors (Lipinski definition) is 3. The molecule has 4 heteroatoms. The van der Waals surface area contributed by atoms with E-state index >= 15 is 0 Å². The maximum absolute atomic E-state index is 6.25. The number of ether oxygens (including phenoxy) is 2. The molecule has 118 valence electrons. The molecule has 1 aliphatic heterocycles. The van der Waals surface area contributed by atoms with Gasteiger partial charge in [0.25, 0.3) is 0 Å². The van der Waals surface area contributed by atoms with Gasteiger partial charge >= 0.3 is 0 Å². The molecule has 0 aromatic heterocycles. The Labute approximate surface area is 136 Å². The molecule has 1 aliphatic rings. The van der Waals surface area contributed by atoms with Gasteiger partial charge in [-0.3, -0.25) is 0 Å². The fourth-order valence-electron chi connectivity index (χ4n) is 2.43. The number of nitrogens with one attached hydrogen (secondary N) is 1. The topological polar surface area (TPSA) is 30.5 Å². The summed E-state index contributed by atoms with van der Waals surface area (Å²) in [6.45, 7) is 11.0. The minimum Gasteiger partial charge on any atom is -0.487 e. The molecular weight excluding hydrogens is 330 g/mol. The Balaban J connectivity index is 2.16. The van der Waals surface area contributed by atoms with E-state index in [1.807, 2.05) is 0 Å². The second-order valence-electron chi connectivity index (χ2n) is 6.77. The van der Waals surface area contributed by atoms with E-state index in [4.69, 9.17) is 9.47 Å². The van der Waals surface area contributed by atoms with Crippen LogP contribution < -0.4 is 10.1 Å². The largest absolute Gasteiger partial charge is 0.487 e. The fourth-order valence-corrected chi connectivity index (χ4v) is 3.05. The van der Waals surface area contributed by atoms with Crippen LogP contribution in [0.2, 0.25) is 0 Å². The molecule has 21 heavy (non-hydrogen) atoms. The minimum absolute atomic E-state index is 0.0848. The second-order valence-corrected chi connectivity index (χ2v) is 7.69. The zero-order valence-corrected chi connectivity index (χ0v) is 15.0. The van der Waals surface area contributed by atoms with E-state index in [1.54, 1.807) is 0 Å². The summed E-state index contributed by atoms with van der Waals surface area (Å²) in [5.74, 6) is 1.01. The van der Waals surface area contributed by atoms with Gasteiger partial charge in [0, 0.05) is 28.7 Å². The van der Waals surface area contributed by atoms with Crippen LogP contribution in [-0.4, -0.2) is 24.9 Å². The first kappa shape index (κ1) is 16.8. The van der Waals surface area contributed by atoms with Crippen molar-refractivity contribution in [2.75, 3.05) is 13.2 Å². The zero-order valence-electron chi connectivity index (χ0n) is 13.5. The Morgan fingerprint density at radius 1 is 1.38 bits per heavy atom. The molecule has 0 spiro atoms. The molecule has 0 bridgehead atoms. The minimum atomic E-state index is 0.0848. The van der Waals surface area contributed by atoms with Crippen molar-refractivity contribution in [2.45, 2.75) is 58.7 Å². The fraction of sp³-hybridized carbons (Fsp3) is 0.647. The van der Waals surface area contributed by atoms with E-state index in [0.717, 1.165) is 36.2 Å². The number of halogens is 1. The van der Waals surface area contributed by atoms with Gasteiger partial charge < -0.3 is 14.8 Å². The molecule has 1 aromatic rings. The highest BCUT2D eigenvalue weighted by Crippen LogP contribution is 2.30. The number of benzene rings is 1. The van der Waals surface area contributed by atoms with Crippen molar-refractivity contribution in [3.63, 3.8) is 0 Å². The molecule has 1 heterocycles. The molecule has 0 aliphatic carbocycles. The molecule has 1 fully saturated rings. The predicted molar refractivity (Wildman–Crippen MR) is 89.9 cm³/mol. The molecule has 1 N–H and O–H groups in total. The van der Waals surface area contributed by atoms with Crippen molar-refractivity contribution in [3.05, 3.63) is 27.7 Å². The maximum Gasteiger partial charge on any atom is 0.127 e. The van der Waals surface area contributed by atoms with E-state index < -0.39 is 0 Å². The molecule has 2 rings (SSSR count). The van der Waals surface area contributed by atoms with E-state index in [1.165, 1.54) is 11.1 Å². The van der Waals surface area contributed by atoms with Crippen LogP contribution in [0.5, 0.6) is 5.75 Å². The highest BCUT2D eigenvalue weighted by molar-refractivity contribution is 9.10. The molecule has 1 saturated heterocycles. The monoisotopic (exact) mass is 355 g/mol. The summed E-state index contributed by atoms with van der Waals surface area (Å²) < 4.78 is 12.9. The molecule has 0 amide bonds. The summed E-state index contributed by atoms with van der Waals surface area (Å²) in [5, 5.41) is 3.54. The van der Waals surface area contributed by atoms with Crippen molar-refractivity contribution in [1.82, 2.24) is 5.32 Å². The summed E-state index contributed by atoms with van der Waals surface area (Å²) in [4.78, 5) is 0. The van der Waals surface area contributed by atoms with Gasteiger partial charge in [-0.15, -0.1) is 0 Å². The number of aryl methyl sites for hydroxylation is 1. The lowest BCUT2D eigenvalue weighted by molar-refractivity contribution is 0.00668. The third kappa shape index (κ3) is 5.28. The molecule has 1 unspecified atom stereocenters. The van der Waals surface area contributed by atoms with Gasteiger partial charge in [-0.25, -0.2) is 0 Å². The van der Waals surface area contributed by atoms with Gasteiger partial charge in [0.05, 0.1) is 6.61 Å². The first-order valence-corrected chi connectivity index (χ1v) is 8.43. The Morgan fingerprint density at radius 3 is 2.76 bits per heavy atom. The van der Waals surface area contributed by atoms with Crippen LogP contribution >= 0.6 is 15.9 Å². The van der Waals surface area contributed by atoms with Crippen molar-refractivity contribution in [1.29, 1.82) is 0 Å². The predicted octanol–water partition coefficient (Wildman–Crippen LogP) is 4.20. The van der Waals surface area contributed by atoms with Crippen LogP contribution in [0.3, 0.4) is 0 Å². The van der Waals surface area contributed by atoms with Crippen LogP contribution in [0, 0.1) is 6.92 Å². The van der Waals surface area contributed by atoms with Gasteiger partial charge in [0.15, 0.2) is 0 Å². The van der Waals surface area contributed by atoms with Crippen LogP contribution in [0.1, 0.15) is 44.7 Å². The molecule has 1 aromatic carbocycles. The summed E-state index contributed by atoms with van der Waals surface area (Å²) in [7, 11) is 0. The van der Waals surface area contributed by atoms with Crippen LogP contribution in [0.25, 0.3) is 0 Å². The standard InChI is InChI=1S/C17H26BrNO2/c1-12-8-14(18)9-13(10-19-17(2,3)4)16(12)21-15-6-5-7-20-11-15/h8-9,15,19H,5-7,10-11H2,1-4H3. The SMILES string of the molecule is Cc1cc(Br)cc(CNC(C)(C)C)c1OC1CCCOC1. The van der Waals surface area contributed by atoms with Crippen LogP contribution in [0.15, 0.2) is 16.6 Å². The summed E-state index contributed by atoms with van der Waals surface area (Å²) >= 11 is 3.58. The second kappa shape index (κ2) is 7.12. The van der Waals surface area contributed by atoms with Gasteiger partial charge in [-0.1, -0.05) is 15.9 Å². The molecule has 1 atom stereocenters. The van der Waals surface area contributed by atoms with Gasteiger partial charge in [-0.05, 0) is 58.2 Å². The quantitative estimate of drug-likeness (QED) is 0.877. The zero-order chi connectivity index (χ0) is 15.5. The van der Waals surface area contributed by atoms with Gasteiger partial charge in [0.1, 0.15) is 11.9 Å². The average molecular weight is 356 g/mol. The van der Waals surface area contributed by atoms with Crippen LogP contribution in [0.4, 0.5) is 0 Å². The van der Waals surface area contributed by atoms with E-state index in [0.29, 0.717) is 6.61 Å². The highest BCUT2D eigenvalue weighted by Gasteiger charge is 2.19. The lowest BCUT2D eigenvalue weighted by Gasteiger charge is -2.27. The molecular formula is C17H26BrNO2. The van der Waals surface area contributed by atoms with Gasteiger partial charge in [-0.2, -0.15) is 0 Å².